The highest BCUT2D eigenvalue weighted by atomic mass is 35.5. The van der Waals surface area contributed by atoms with Crippen molar-refractivity contribution in [3.8, 4) is 0 Å². The molecule has 0 bridgehead atoms. The maximum absolute atomic E-state index is 14.4. The molecule has 27 heavy (non-hydrogen) atoms. The summed E-state index contributed by atoms with van der Waals surface area (Å²) in [5.41, 5.74) is 2.77. The zero-order valence-electron chi connectivity index (χ0n) is 15.3. The number of hydrogen-bond donors (Lipinski definition) is 1. The van der Waals surface area contributed by atoms with Crippen LogP contribution in [0.3, 0.4) is 0 Å². The second-order valence-electron chi connectivity index (χ2n) is 6.59. The largest absolute Gasteiger partial charge is 0.366 e. The minimum atomic E-state index is -0.369. The van der Waals surface area contributed by atoms with Crippen molar-refractivity contribution in [1.29, 1.82) is 0 Å². The molecule has 1 aliphatic rings. The Bertz CT molecular complexity index is 882. The summed E-state index contributed by atoms with van der Waals surface area (Å²) in [7, 11) is 0. The van der Waals surface area contributed by atoms with E-state index in [9.17, 15) is 9.18 Å². The third-order valence-electron chi connectivity index (χ3n) is 4.68. The lowest BCUT2D eigenvalue weighted by atomic mass is 10.1. The van der Waals surface area contributed by atoms with Gasteiger partial charge in [0.15, 0.2) is 10.9 Å². The van der Waals surface area contributed by atoms with Gasteiger partial charge in [-0.15, -0.1) is 0 Å². The van der Waals surface area contributed by atoms with E-state index in [2.05, 4.69) is 10.2 Å². The van der Waals surface area contributed by atoms with Gasteiger partial charge in [0, 0.05) is 42.5 Å². The van der Waals surface area contributed by atoms with Gasteiger partial charge >= 0.3 is 0 Å². The molecular formula is C20H21ClFN3OS. The first-order chi connectivity index (χ1) is 12.8. The molecule has 1 saturated heterocycles. The Balaban J connectivity index is 1.60. The van der Waals surface area contributed by atoms with Crippen molar-refractivity contribution < 1.29 is 9.18 Å². The summed E-state index contributed by atoms with van der Waals surface area (Å²) in [6.07, 6.45) is 0. The van der Waals surface area contributed by atoms with Gasteiger partial charge in [-0.2, -0.15) is 0 Å². The minimum Gasteiger partial charge on any atom is -0.366 e. The Morgan fingerprint density at radius 2 is 1.85 bits per heavy atom. The quantitative estimate of drug-likeness (QED) is 0.600. The standard InChI is InChI=1S/C20H21ClFN3OS/c1-13-3-5-16(12-17(13)21)23-20(27)25-9-7-24(8-10-25)19-6-4-15(14(2)26)11-18(19)22/h3-6,11-12H,7-10H2,1-2H3,(H,23,27). The minimum absolute atomic E-state index is 0.141. The van der Waals surface area contributed by atoms with E-state index in [0.29, 0.717) is 47.6 Å². The maximum atomic E-state index is 14.4. The van der Waals surface area contributed by atoms with E-state index >= 15 is 0 Å². The number of ketones is 1. The summed E-state index contributed by atoms with van der Waals surface area (Å²) in [4.78, 5) is 15.4. The molecule has 1 N–H and O–H groups in total. The fourth-order valence-electron chi connectivity index (χ4n) is 3.01. The Labute approximate surface area is 168 Å². The number of thiocarbonyl (C=S) groups is 1. The topological polar surface area (TPSA) is 35.6 Å². The van der Waals surface area contributed by atoms with Crippen molar-refractivity contribution in [3.63, 3.8) is 0 Å². The zero-order chi connectivity index (χ0) is 19.6. The lowest BCUT2D eigenvalue weighted by Gasteiger charge is -2.37. The fourth-order valence-corrected chi connectivity index (χ4v) is 3.49. The zero-order valence-corrected chi connectivity index (χ0v) is 16.8. The molecule has 1 heterocycles. The number of piperazine rings is 1. The Morgan fingerprint density at radius 1 is 1.15 bits per heavy atom. The molecule has 0 unspecified atom stereocenters. The average molecular weight is 406 g/mol. The first-order valence-corrected chi connectivity index (χ1v) is 9.51. The van der Waals surface area contributed by atoms with Crippen LogP contribution in [0.1, 0.15) is 22.8 Å². The average Bonchev–Trinajstić information content (AvgIpc) is 2.64. The number of nitrogens with one attached hydrogen (secondary N) is 1. The monoisotopic (exact) mass is 405 g/mol. The van der Waals surface area contributed by atoms with Crippen LogP contribution in [0.4, 0.5) is 15.8 Å². The molecule has 0 aromatic heterocycles. The molecule has 7 heteroatoms. The number of benzene rings is 2. The molecule has 3 rings (SSSR count). The van der Waals surface area contributed by atoms with E-state index in [4.69, 9.17) is 23.8 Å². The smallest absolute Gasteiger partial charge is 0.173 e. The predicted molar refractivity (Wildman–Crippen MR) is 113 cm³/mol. The van der Waals surface area contributed by atoms with E-state index in [1.807, 2.05) is 30.0 Å². The van der Waals surface area contributed by atoms with Gasteiger partial charge in [-0.1, -0.05) is 17.7 Å². The van der Waals surface area contributed by atoms with E-state index in [1.165, 1.54) is 13.0 Å². The number of hydrogen-bond acceptors (Lipinski definition) is 3. The Hall–Kier alpha value is -2.18. The number of Topliss-reactive ketones (excluding diaryl/α,β-unsaturated/α-hetero) is 1. The van der Waals surface area contributed by atoms with Crippen LogP contribution >= 0.6 is 23.8 Å². The van der Waals surface area contributed by atoms with Gasteiger partial charge in [-0.25, -0.2) is 4.39 Å². The molecule has 0 radical (unpaired) electrons. The van der Waals surface area contributed by atoms with Gasteiger partial charge in [-0.05, 0) is 62.0 Å². The summed E-state index contributed by atoms with van der Waals surface area (Å²) in [6, 6.07) is 10.4. The van der Waals surface area contributed by atoms with Crippen LogP contribution < -0.4 is 10.2 Å². The molecule has 0 saturated carbocycles. The number of halogens is 2. The maximum Gasteiger partial charge on any atom is 0.173 e. The summed E-state index contributed by atoms with van der Waals surface area (Å²) in [5.74, 6) is -0.510. The number of carbonyl (C=O) groups is 1. The van der Waals surface area contributed by atoms with Crippen molar-refractivity contribution in [2.24, 2.45) is 0 Å². The highest BCUT2D eigenvalue weighted by Gasteiger charge is 2.21. The molecule has 1 aliphatic heterocycles. The van der Waals surface area contributed by atoms with E-state index in [0.717, 1.165) is 11.3 Å². The number of anilines is 2. The molecular weight excluding hydrogens is 385 g/mol. The van der Waals surface area contributed by atoms with E-state index in [-0.39, 0.29) is 11.6 Å². The number of nitrogens with zero attached hydrogens (tertiary/aromatic N) is 2. The van der Waals surface area contributed by atoms with Crippen LogP contribution in [-0.4, -0.2) is 42.0 Å². The second kappa shape index (κ2) is 8.23. The summed E-state index contributed by atoms with van der Waals surface area (Å²) < 4.78 is 14.4. The molecule has 0 atom stereocenters. The third kappa shape index (κ3) is 4.57. The molecule has 0 spiro atoms. The SMILES string of the molecule is CC(=O)c1ccc(N2CCN(C(=S)Nc3ccc(C)c(Cl)c3)CC2)c(F)c1. The lowest BCUT2D eigenvalue weighted by molar-refractivity contribution is 0.101. The van der Waals surface area contributed by atoms with Gasteiger partial charge in [0.25, 0.3) is 0 Å². The van der Waals surface area contributed by atoms with Crippen molar-refractivity contribution in [1.82, 2.24) is 4.90 Å². The normalized spacial score (nSPS) is 14.2. The molecule has 142 valence electrons. The van der Waals surface area contributed by atoms with Gasteiger partial charge in [-0.3, -0.25) is 4.79 Å². The van der Waals surface area contributed by atoms with E-state index in [1.54, 1.807) is 12.1 Å². The Morgan fingerprint density at radius 3 is 2.44 bits per heavy atom. The summed E-state index contributed by atoms with van der Waals surface area (Å²) in [6.45, 7) is 6.03. The van der Waals surface area contributed by atoms with Crippen LogP contribution in [0.15, 0.2) is 36.4 Å². The van der Waals surface area contributed by atoms with Crippen molar-refractivity contribution in [2.45, 2.75) is 13.8 Å². The third-order valence-corrected chi connectivity index (χ3v) is 5.45. The fraction of sp³-hybridized carbons (Fsp3) is 0.300. The van der Waals surface area contributed by atoms with Crippen molar-refractivity contribution >= 4 is 46.1 Å². The highest BCUT2D eigenvalue weighted by molar-refractivity contribution is 7.80. The highest BCUT2D eigenvalue weighted by Crippen LogP contribution is 2.23. The lowest BCUT2D eigenvalue weighted by Crippen LogP contribution is -2.50. The molecule has 0 aliphatic carbocycles. The van der Waals surface area contributed by atoms with Crippen LogP contribution in [0, 0.1) is 12.7 Å². The molecule has 2 aromatic rings. The number of carbonyl (C=O) groups excluding carboxylic acids is 1. The van der Waals surface area contributed by atoms with Gasteiger partial charge in [0.2, 0.25) is 0 Å². The summed E-state index contributed by atoms with van der Waals surface area (Å²) >= 11 is 11.7. The Kier molecular flexibility index (Phi) is 5.97. The van der Waals surface area contributed by atoms with Crippen LogP contribution in [-0.2, 0) is 0 Å². The van der Waals surface area contributed by atoms with Crippen molar-refractivity contribution in [3.05, 3.63) is 58.4 Å². The predicted octanol–water partition coefficient (Wildman–Crippen LogP) is 4.51. The van der Waals surface area contributed by atoms with E-state index < -0.39 is 0 Å². The first-order valence-electron chi connectivity index (χ1n) is 8.72. The van der Waals surface area contributed by atoms with Crippen molar-refractivity contribution in [2.75, 3.05) is 36.4 Å². The van der Waals surface area contributed by atoms with Crippen LogP contribution in [0.2, 0.25) is 5.02 Å². The molecule has 4 nitrogen and oxygen atoms in total. The van der Waals surface area contributed by atoms with Gasteiger partial charge in [0.1, 0.15) is 5.82 Å². The molecule has 2 aromatic carbocycles. The van der Waals surface area contributed by atoms with Gasteiger partial charge in [0.05, 0.1) is 5.69 Å². The number of rotatable bonds is 3. The van der Waals surface area contributed by atoms with Gasteiger partial charge < -0.3 is 15.1 Å². The number of aryl methyl sites for hydroxylation is 1. The first kappa shape index (κ1) is 19.6. The molecule has 0 amide bonds. The summed E-state index contributed by atoms with van der Waals surface area (Å²) in [5, 5.41) is 4.53. The van der Waals surface area contributed by atoms with Crippen LogP contribution in [0.5, 0.6) is 0 Å². The second-order valence-corrected chi connectivity index (χ2v) is 7.38. The van der Waals surface area contributed by atoms with Crippen LogP contribution in [0.25, 0.3) is 0 Å². The molecule has 1 fully saturated rings.